The number of carbonyl (C=O) groups excluding carboxylic acids is 3. The third-order valence-electron chi connectivity index (χ3n) is 6.06. The van der Waals surface area contributed by atoms with Crippen molar-refractivity contribution in [3.05, 3.63) is 35.9 Å². The number of Topliss-reactive ketones (excluding diaryl/α,β-unsaturated/α-hetero) is 1. The van der Waals surface area contributed by atoms with E-state index < -0.39 is 6.03 Å². The van der Waals surface area contributed by atoms with Gasteiger partial charge < -0.3 is 5.32 Å². The van der Waals surface area contributed by atoms with Crippen molar-refractivity contribution in [2.75, 3.05) is 19.6 Å². The Morgan fingerprint density at radius 1 is 1.00 bits per heavy atom. The zero-order valence-corrected chi connectivity index (χ0v) is 16.7. The van der Waals surface area contributed by atoms with Crippen LogP contribution in [0.4, 0.5) is 4.79 Å². The van der Waals surface area contributed by atoms with Crippen LogP contribution in [0.1, 0.15) is 55.8 Å². The number of rotatable bonds is 5. The first-order chi connectivity index (χ1) is 13.5. The van der Waals surface area contributed by atoms with E-state index in [1.54, 1.807) is 0 Å². The van der Waals surface area contributed by atoms with Gasteiger partial charge in [-0.05, 0) is 44.7 Å². The summed E-state index contributed by atoms with van der Waals surface area (Å²) in [5, 5.41) is 5.40. The topological polar surface area (TPSA) is 78.5 Å². The number of ketones is 1. The van der Waals surface area contributed by atoms with Crippen molar-refractivity contribution in [2.45, 2.75) is 51.5 Å². The molecule has 1 aromatic rings. The number of piperidine rings is 1. The lowest BCUT2D eigenvalue weighted by molar-refractivity contribution is -0.121. The summed E-state index contributed by atoms with van der Waals surface area (Å²) in [6, 6.07) is 9.14. The van der Waals surface area contributed by atoms with E-state index in [4.69, 9.17) is 0 Å². The minimum atomic E-state index is -0.391. The van der Waals surface area contributed by atoms with Crippen LogP contribution < -0.4 is 10.6 Å². The maximum absolute atomic E-state index is 12.5. The van der Waals surface area contributed by atoms with Gasteiger partial charge in [-0.3, -0.25) is 19.8 Å². The predicted octanol–water partition coefficient (Wildman–Crippen LogP) is 2.99. The maximum Gasteiger partial charge on any atom is 0.321 e. The molecule has 3 amide bonds. The summed E-state index contributed by atoms with van der Waals surface area (Å²) in [5.74, 6) is 0.369. The molecule has 0 bridgehead atoms. The second-order valence-corrected chi connectivity index (χ2v) is 8.17. The number of nitrogens with one attached hydrogen (secondary N) is 2. The lowest BCUT2D eigenvalue weighted by Crippen LogP contribution is -2.50. The average Bonchev–Trinajstić information content (AvgIpc) is 2.70. The molecule has 6 nitrogen and oxygen atoms in total. The number of imide groups is 1. The second kappa shape index (κ2) is 9.82. The Kier molecular flexibility index (Phi) is 7.20. The van der Waals surface area contributed by atoms with Crippen LogP contribution in [0.3, 0.4) is 0 Å². The quantitative estimate of drug-likeness (QED) is 0.764. The number of urea groups is 1. The molecule has 1 saturated heterocycles. The Balaban J connectivity index is 1.38. The highest BCUT2D eigenvalue weighted by atomic mass is 16.2. The Hall–Kier alpha value is -2.21. The van der Waals surface area contributed by atoms with Gasteiger partial charge in [-0.1, -0.05) is 50.1 Å². The van der Waals surface area contributed by atoms with Gasteiger partial charge in [0.2, 0.25) is 5.91 Å². The Morgan fingerprint density at radius 2 is 1.68 bits per heavy atom. The van der Waals surface area contributed by atoms with Crippen LogP contribution in [0.25, 0.3) is 0 Å². The zero-order chi connectivity index (χ0) is 19.9. The molecule has 3 rings (SSSR count). The van der Waals surface area contributed by atoms with Gasteiger partial charge in [0, 0.05) is 17.5 Å². The molecule has 2 fully saturated rings. The molecule has 1 aromatic carbocycles. The normalized spacial score (nSPS) is 23.8. The Bertz CT molecular complexity index is 684. The van der Waals surface area contributed by atoms with Gasteiger partial charge in [-0.15, -0.1) is 0 Å². The first-order valence-corrected chi connectivity index (χ1v) is 10.4. The van der Waals surface area contributed by atoms with Gasteiger partial charge in [0.05, 0.1) is 6.54 Å². The summed E-state index contributed by atoms with van der Waals surface area (Å²) >= 11 is 0. The Morgan fingerprint density at radius 3 is 2.36 bits per heavy atom. The highest BCUT2D eigenvalue weighted by molar-refractivity contribution is 5.98. The summed E-state index contributed by atoms with van der Waals surface area (Å²) in [6.45, 7) is 3.72. The van der Waals surface area contributed by atoms with Crippen molar-refractivity contribution >= 4 is 17.7 Å². The van der Waals surface area contributed by atoms with Crippen molar-refractivity contribution in [3.8, 4) is 0 Å². The summed E-state index contributed by atoms with van der Waals surface area (Å²) in [6.07, 6.45) is 5.92. The number of likely N-dealkylation sites (tertiary alicyclic amines) is 1. The monoisotopic (exact) mass is 385 g/mol. The van der Waals surface area contributed by atoms with Crippen LogP contribution in [0.2, 0.25) is 0 Å². The average molecular weight is 386 g/mol. The van der Waals surface area contributed by atoms with Crippen LogP contribution in [0, 0.1) is 11.8 Å². The number of amides is 3. The fourth-order valence-corrected chi connectivity index (χ4v) is 4.30. The Labute approximate surface area is 167 Å². The summed E-state index contributed by atoms with van der Waals surface area (Å²) < 4.78 is 0. The van der Waals surface area contributed by atoms with Crippen LogP contribution in [-0.4, -0.2) is 48.3 Å². The standard InChI is InChI=1S/C22H31N3O3/c1-16-7-5-6-10-19(16)23-22(28)24-20(26)15-25-13-11-18(12-14-25)21(27)17-8-3-2-4-9-17/h2-4,8-9,16,18-19H,5-7,10-15H2,1H3,(H2,23,24,26,28). The van der Waals surface area contributed by atoms with Crippen LogP contribution in [0.5, 0.6) is 0 Å². The predicted molar refractivity (Wildman–Crippen MR) is 108 cm³/mol. The van der Waals surface area contributed by atoms with Gasteiger partial charge in [0.1, 0.15) is 0 Å². The van der Waals surface area contributed by atoms with Crippen LogP contribution in [-0.2, 0) is 4.79 Å². The molecule has 2 unspecified atom stereocenters. The van der Waals surface area contributed by atoms with Crippen molar-refractivity contribution in [1.82, 2.24) is 15.5 Å². The van der Waals surface area contributed by atoms with E-state index in [1.165, 1.54) is 6.42 Å². The fourth-order valence-electron chi connectivity index (χ4n) is 4.30. The number of carbonyl (C=O) groups is 3. The smallest absolute Gasteiger partial charge is 0.321 e. The molecule has 2 N–H and O–H groups in total. The van der Waals surface area contributed by atoms with E-state index in [1.807, 2.05) is 35.2 Å². The van der Waals surface area contributed by atoms with E-state index in [0.717, 1.165) is 37.7 Å². The highest BCUT2D eigenvalue weighted by Gasteiger charge is 2.27. The first kappa shape index (κ1) is 20.5. The molecule has 1 aliphatic carbocycles. The number of hydrogen-bond acceptors (Lipinski definition) is 4. The highest BCUT2D eigenvalue weighted by Crippen LogP contribution is 2.24. The molecule has 0 radical (unpaired) electrons. The lowest BCUT2D eigenvalue weighted by Gasteiger charge is -2.31. The third kappa shape index (κ3) is 5.64. The van der Waals surface area contributed by atoms with Gasteiger partial charge in [-0.2, -0.15) is 0 Å². The zero-order valence-electron chi connectivity index (χ0n) is 16.7. The molecular formula is C22H31N3O3. The molecule has 0 spiro atoms. The number of benzene rings is 1. The van der Waals surface area contributed by atoms with Gasteiger partial charge in [0.15, 0.2) is 5.78 Å². The van der Waals surface area contributed by atoms with E-state index in [-0.39, 0.29) is 30.2 Å². The van der Waals surface area contributed by atoms with Crippen LogP contribution in [0.15, 0.2) is 30.3 Å². The fraction of sp³-hybridized carbons (Fsp3) is 0.591. The first-order valence-electron chi connectivity index (χ1n) is 10.4. The summed E-state index contributed by atoms with van der Waals surface area (Å²) in [4.78, 5) is 38.9. The van der Waals surface area contributed by atoms with Gasteiger partial charge in [-0.25, -0.2) is 4.79 Å². The third-order valence-corrected chi connectivity index (χ3v) is 6.06. The molecule has 0 aromatic heterocycles. The number of nitrogens with zero attached hydrogens (tertiary/aromatic N) is 1. The largest absolute Gasteiger partial charge is 0.335 e. The van der Waals surface area contributed by atoms with Gasteiger partial charge >= 0.3 is 6.03 Å². The van der Waals surface area contributed by atoms with Crippen molar-refractivity contribution in [1.29, 1.82) is 0 Å². The molecule has 1 heterocycles. The van der Waals surface area contributed by atoms with E-state index in [9.17, 15) is 14.4 Å². The van der Waals surface area contributed by atoms with E-state index in [0.29, 0.717) is 19.0 Å². The molecule has 6 heteroatoms. The van der Waals surface area contributed by atoms with Crippen molar-refractivity contribution in [2.24, 2.45) is 11.8 Å². The summed E-state index contributed by atoms with van der Waals surface area (Å²) in [5.41, 5.74) is 0.757. The molecule has 152 valence electrons. The van der Waals surface area contributed by atoms with Crippen LogP contribution >= 0.6 is 0 Å². The SMILES string of the molecule is CC1CCCCC1NC(=O)NC(=O)CN1CCC(C(=O)c2ccccc2)CC1. The summed E-state index contributed by atoms with van der Waals surface area (Å²) in [7, 11) is 0. The van der Waals surface area contributed by atoms with Crippen molar-refractivity contribution in [3.63, 3.8) is 0 Å². The molecule has 1 aliphatic heterocycles. The second-order valence-electron chi connectivity index (χ2n) is 8.17. The van der Waals surface area contributed by atoms with E-state index in [2.05, 4.69) is 17.6 Å². The molecule has 2 atom stereocenters. The molecule has 2 aliphatic rings. The van der Waals surface area contributed by atoms with Crippen molar-refractivity contribution < 1.29 is 14.4 Å². The molecule has 28 heavy (non-hydrogen) atoms. The minimum Gasteiger partial charge on any atom is -0.335 e. The lowest BCUT2D eigenvalue weighted by atomic mass is 9.86. The van der Waals surface area contributed by atoms with Gasteiger partial charge in [0.25, 0.3) is 0 Å². The molecule has 1 saturated carbocycles. The number of hydrogen-bond donors (Lipinski definition) is 2. The minimum absolute atomic E-state index is 0.0119. The van der Waals surface area contributed by atoms with E-state index >= 15 is 0 Å². The maximum atomic E-state index is 12.5. The molecular weight excluding hydrogens is 354 g/mol.